The lowest BCUT2D eigenvalue weighted by molar-refractivity contribution is -0.143. The van der Waals surface area contributed by atoms with E-state index in [1.165, 1.54) is 18.5 Å². The van der Waals surface area contributed by atoms with Gasteiger partial charge in [-0.3, -0.25) is 4.79 Å². The number of hydrogen-bond donors (Lipinski definition) is 2. The first-order chi connectivity index (χ1) is 9.24. The maximum absolute atomic E-state index is 11.0. The molecule has 5 nitrogen and oxygen atoms in total. The number of carboxylic acids is 1. The topological polar surface area (TPSA) is 67.2 Å². The van der Waals surface area contributed by atoms with Crippen LogP contribution in [0.15, 0.2) is 12.5 Å². The van der Waals surface area contributed by atoms with Crippen molar-refractivity contribution >= 4 is 5.97 Å². The Morgan fingerprint density at radius 3 is 3.00 bits per heavy atom. The molecule has 0 amide bonds. The first-order valence-electron chi connectivity index (χ1n) is 7.21. The summed E-state index contributed by atoms with van der Waals surface area (Å²) in [5.74, 6) is -0.811. The molecule has 0 saturated heterocycles. The summed E-state index contributed by atoms with van der Waals surface area (Å²) in [5.41, 5.74) is 1.22. The van der Waals surface area contributed by atoms with Gasteiger partial charge in [0.05, 0.1) is 17.9 Å². The zero-order valence-electron chi connectivity index (χ0n) is 11.1. The molecule has 2 atom stereocenters. The first-order valence-corrected chi connectivity index (χ1v) is 7.21. The molecule has 1 aromatic rings. The molecule has 1 aromatic heterocycles. The monoisotopic (exact) mass is 263 g/mol. The van der Waals surface area contributed by atoms with Gasteiger partial charge in [-0.2, -0.15) is 0 Å². The van der Waals surface area contributed by atoms with Crippen molar-refractivity contribution < 1.29 is 9.90 Å². The Labute approximate surface area is 113 Å². The predicted molar refractivity (Wildman–Crippen MR) is 70.7 cm³/mol. The Balaban J connectivity index is 1.53. The summed E-state index contributed by atoms with van der Waals surface area (Å²) >= 11 is 0. The van der Waals surface area contributed by atoms with E-state index in [1.54, 1.807) is 0 Å². The minimum atomic E-state index is -0.644. The zero-order chi connectivity index (χ0) is 13.2. The fourth-order valence-electron chi connectivity index (χ4n) is 3.00. The van der Waals surface area contributed by atoms with Crippen LogP contribution in [-0.4, -0.2) is 26.7 Å². The second-order valence-corrected chi connectivity index (χ2v) is 5.80. The minimum absolute atomic E-state index is 0.167. The van der Waals surface area contributed by atoms with Crippen LogP contribution in [-0.2, 0) is 11.3 Å². The molecule has 1 heterocycles. The van der Waals surface area contributed by atoms with Crippen LogP contribution >= 0.6 is 0 Å². The van der Waals surface area contributed by atoms with E-state index in [2.05, 4.69) is 14.9 Å². The molecular weight excluding hydrogens is 242 g/mol. The number of nitrogens with zero attached hydrogens (tertiary/aromatic N) is 2. The van der Waals surface area contributed by atoms with E-state index in [-0.39, 0.29) is 5.92 Å². The van der Waals surface area contributed by atoms with Gasteiger partial charge in [0, 0.05) is 24.8 Å². The quantitative estimate of drug-likeness (QED) is 0.852. The highest BCUT2D eigenvalue weighted by Crippen LogP contribution is 2.35. The molecule has 0 spiro atoms. The largest absolute Gasteiger partial charge is 0.481 e. The summed E-state index contributed by atoms with van der Waals surface area (Å²) in [6, 6.07) is 0.981. The number of nitrogens with one attached hydrogen (secondary N) is 1. The lowest BCUT2D eigenvalue weighted by atomic mass is 9.86. The van der Waals surface area contributed by atoms with Crippen molar-refractivity contribution in [3.63, 3.8) is 0 Å². The average Bonchev–Trinajstić information content (AvgIpc) is 3.16. The molecule has 19 heavy (non-hydrogen) atoms. The van der Waals surface area contributed by atoms with Crippen molar-refractivity contribution in [2.45, 2.75) is 57.2 Å². The molecule has 0 radical (unpaired) electrons. The molecule has 0 aliphatic heterocycles. The lowest BCUT2D eigenvalue weighted by Gasteiger charge is -2.27. The Morgan fingerprint density at radius 1 is 1.42 bits per heavy atom. The molecule has 2 fully saturated rings. The van der Waals surface area contributed by atoms with E-state index in [1.807, 2.05) is 12.5 Å². The third-order valence-corrected chi connectivity index (χ3v) is 4.28. The van der Waals surface area contributed by atoms with E-state index in [4.69, 9.17) is 5.11 Å². The van der Waals surface area contributed by atoms with Crippen LogP contribution in [0.3, 0.4) is 0 Å². The van der Waals surface area contributed by atoms with Gasteiger partial charge in [-0.05, 0) is 32.1 Å². The number of rotatable bonds is 5. The van der Waals surface area contributed by atoms with Crippen LogP contribution in [0.25, 0.3) is 0 Å². The van der Waals surface area contributed by atoms with Gasteiger partial charge in [-0.1, -0.05) is 6.42 Å². The summed E-state index contributed by atoms with van der Waals surface area (Å²) in [6.07, 6.45) is 10.0. The number of aliphatic carboxylic acids is 1. The van der Waals surface area contributed by atoms with E-state index in [0.29, 0.717) is 12.1 Å². The molecule has 3 rings (SSSR count). The van der Waals surface area contributed by atoms with E-state index in [9.17, 15) is 4.79 Å². The van der Waals surface area contributed by atoms with Crippen LogP contribution in [0, 0.1) is 5.92 Å². The maximum atomic E-state index is 11.0. The van der Waals surface area contributed by atoms with Crippen molar-refractivity contribution in [2.24, 2.45) is 5.92 Å². The molecule has 0 bridgehead atoms. The summed E-state index contributed by atoms with van der Waals surface area (Å²) < 4.78 is 2.25. The number of hydrogen-bond acceptors (Lipinski definition) is 3. The molecule has 2 N–H and O–H groups in total. The molecule has 2 aliphatic rings. The van der Waals surface area contributed by atoms with Gasteiger partial charge < -0.3 is 15.0 Å². The second kappa shape index (κ2) is 5.33. The second-order valence-electron chi connectivity index (χ2n) is 5.80. The third-order valence-electron chi connectivity index (χ3n) is 4.28. The SMILES string of the molecule is O=C(O)C1CCCC(NCc2cncn2C2CC2)C1. The highest BCUT2D eigenvalue weighted by Gasteiger charge is 2.28. The third kappa shape index (κ3) is 2.97. The first kappa shape index (κ1) is 12.7. The fraction of sp³-hybridized carbons (Fsp3) is 0.714. The average molecular weight is 263 g/mol. The number of carbonyl (C=O) groups is 1. The standard InChI is InChI=1S/C14H21N3O2/c18-14(19)10-2-1-3-11(6-10)16-8-13-7-15-9-17(13)12-4-5-12/h7,9-12,16H,1-6,8H2,(H,18,19). The molecular formula is C14H21N3O2. The van der Waals surface area contributed by atoms with Crippen LogP contribution in [0.4, 0.5) is 0 Å². The van der Waals surface area contributed by atoms with Crippen molar-refractivity contribution in [1.29, 1.82) is 0 Å². The Kier molecular flexibility index (Phi) is 3.55. The molecule has 2 aliphatic carbocycles. The van der Waals surface area contributed by atoms with Gasteiger partial charge in [0.1, 0.15) is 0 Å². The van der Waals surface area contributed by atoms with Crippen LogP contribution in [0.1, 0.15) is 50.3 Å². The Bertz CT molecular complexity index is 453. The Morgan fingerprint density at radius 2 is 2.26 bits per heavy atom. The predicted octanol–water partition coefficient (Wildman–Crippen LogP) is 1.95. The van der Waals surface area contributed by atoms with E-state index >= 15 is 0 Å². The van der Waals surface area contributed by atoms with Gasteiger partial charge in [-0.25, -0.2) is 4.98 Å². The maximum Gasteiger partial charge on any atom is 0.306 e. The number of aromatic nitrogens is 2. The van der Waals surface area contributed by atoms with Gasteiger partial charge >= 0.3 is 5.97 Å². The fourth-order valence-corrected chi connectivity index (χ4v) is 3.00. The minimum Gasteiger partial charge on any atom is -0.481 e. The lowest BCUT2D eigenvalue weighted by Crippen LogP contribution is -2.36. The van der Waals surface area contributed by atoms with E-state index < -0.39 is 5.97 Å². The molecule has 0 aromatic carbocycles. The highest BCUT2D eigenvalue weighted by molar-refractivity contribution is 5.70. The summed E-state index contributed by atoms with van der Waals surface area (Å²) in [4.78, 5) is 15.3. The normalized spacial score (nSPS) is 27.4. The zero-order valence-corrected chi connectivity index (χ0v) is 11.1. The molecule has 104 valence electrons. The summed E-state index contributed by atoms with van der Waals surface area (Å²) in [5, 5.41) is 12.6. The summed E-state index contributed by atoms with van der Waals surface area (Å²) in [7, 11) is 0. The smallest absolute Gasteiger partial charge is 0.306 e. The molecule has 2 saturated carbocycles. The van der Waals surface area contributed by atoms with Crippen molar-refractivity contribution in [1.82, 2.24) is 14.9 Å². The van der Waals surface area contributed by atoms with Gasteiger partial charge in [-0.15, -0.1) is 0 Å². The van der Waals surface area contributed by atoms with Crippen molar-refractivity contribution in [2.75, 3.05) is 0 Å². The van der Waals surface area contributed by atoms with Gasteiger partial charge in [0.2, 0.25) is 0 Å². The van der Waals surface area contributed by atoms with Crippen LogP contribution in [0.5, 0.6) is 0 Å². The number of imidazole rings is 1. The molecule has 2 unspecified atom stereocenters. The Hall–Kier alpha value is -1.36. The van der Waals surface area contributed by atoms with Gasteiger partial charge in [0.25, 0.3) is 0 Å². The van der Waals surface area contributed by atoms with Gasteiger partial charge in [0.15, 0.2) is 0 Å². The van der Waals surface area contributed by atoms with Crippen LogP contribution in [0.2, 0.25) is 0 Å². The van der Waals surface area contributed by atoms with E-state index in [0.717, 1.165) is 32.2 Å². The van der Waals surface area contributed by atoms with Crippen molar-refractivity contribution in [3.05, 3.63) is 18.2 Å². The summed E-state index contributed by atoms with van der Waals surface area (Å²) in [6.45, 7) is 0.799. The highest BCUT2D eigenvalue weighted by atomic mass is 16.4. The van der Waals surface area contributed by atoms with Crippen LogP contribution < -0.4 is 5.32 Å². The van der Waals surface area contributed by atoms with Crippen molar-refractivity contribution in [3.8, 4) is 0 Å². The molecule has 5 heteroatoms. The number of carboxylic acid groups (broad SMARTS) is 1.